The topological polar surface area (TPSA) is 32.3 Å². The van der Waals surface area contributed by atoms with Gasteiger partial charge in [-0.15, -0.1) is 0 Å². The van der Waals surface area contributed by atoms with Gasteiger partial charge in [-0.1, -0.05) is 0 Å². The number of likely N-dealkylation sites (tertiary alicyclic amines) is 1. The maximum atomic E-state index is 12.3. The maximum Gasteiger partial charge on any atom is 0.227 e. The first-order valence-corrected chi connectivity index (χ1v) is 6.36. The molecule has 0 spiro atoms. The van der Waals surface area contributed by atoms with Gasteiger partial charge in [0.05, 0.1) is 5.92 Å². The standard InChI is InChI=1S/C12H20N2O/c15-12(10-2-1-5-13-7-10)14-8-9-3-4-11(14)6-9/h9-11,13H,1-8H2/t9-,10+,11-/m0/s1. The molecule has 0 unspecified atom stereocenters. The van der Waals surface area contributed by atoms with Gasteiger partial charge in [0.2, 0.25) is 5.91 Å². The summed E-state index contributed by atoms with van der Waals surface area (Å²) in [5.74, 6) is 1.54. The van der Waals surface area contributed by atoms with Crippen LogP contribution in [0, 0.1) is 11.8 Å². The lowest BCUT2D eigenvalue weighted by Gasteiger charge is -2.32. The first-order valence-electron chi connectivity index (χ1n) is 6.36. The van der Waals surface area contributed by atoms with E-state index in [-0.39, 0.29) is 5.92 Å². The molecule has 3 fully saturated rings. The normalized spacial score (nSPS) is 39.7. The highest BCUT2D eigenvalue weighted by atomic mass is 16.2. The number of nitrogens with one attached hydrogen (secondary N) is 1. The van der Waals surface area contributed by atoms with Gasteiger partial charge in [-0.25, -0.2) is 0 Å². The first-order chi connectivity index (χ1) is 7.34. The molecule has 2 saturated heterocycles. The Balaban J connectivity index is 1.64. The molecule has 3 aliphatic rings. The average Bonchev–Trinajstić information content (AvgIpc) is 2.91. The fourth-order valence-electron chi connectivity index (χ4n) is 3.49. The highest BCUT2D eigenvalue weighted by Crippen LogP contribution is 2.38. The van der Waals surface area contributed by atoms with Gasteiger partial charge in [0.1, 0.15) is 0 Å². The summed E-state index contributed by atoms with van der Waals surface area (Å²) >= 11 is 0. The van der Waals surface area contributed by atoms with Crippen LogP contribution in [0.5, 0.6) is 0 Å². The largest absolute Gasteiger partial charge is 0.339 e. The van der Waals surface area contributed by atoms with Crippen LogP contribution >= 0.6 is 0 Å². The Hall–Kier alpha value is -0.570. The van der Waals surface area contributed by atoms with Crippen molar-refractivity contribution in [2.45, 2.75) is 38.1 Å². The summed E-state index contributed by atoms with van der Waals surface area (Å²) in [7, 11) is 0. The molecule has 1 N–H and O–H groups in total. The molecule has 1 amide bonds. The summed E-state index contributed by atoms with van der Waals surface area (Å²) < 4.78 is 0. The third-order valence-electron chi connectivity index (χ3n) is 4.34. The van der Waals surface area contributed by atoms with Crippen molar-refractivity contribution < 1.29 is 4.79 Å². The van der Waals surface area contributed by atoms with Crippen LogP contribution in [0.15, 0.2) is 0 Å². The Morgan fingerprint density at radius 1 is 1.27 bits per heavy atom. The molecular formula is C12H20N2O. The quantitative estimate of drug-likeness (QED) is 0.697. The van der Waals surface area contributed by atoms with E-state index in [1.165, 1.54) is 25.7 Å². The van der Waals surface area contributed by atoms with Crippen LogP contribution in [0.25, 0.3) is 0 Å². The van der Waals surface area contributed by atoms with E-state index in [4.69, 9.17) is 0 Å². The van der Waals surface area contributed by atoms with Crippen molar-refractivity contribution in [3.8, 4) is 0 Å². The maximum absolute atomic E-state index is 12.3. The van der Waals surface area contributed by atoms with Gasteiger partial charge in [0.25, 0.3) is 0 Å². The minimum atomic E-state index is 0.276. The van der Waals surface area contributed by atoms with Gasteiger partial charge in [0, 0.05) is 19.1 Å². The van der Waals surface area contributed by atoms with Crippen molar-refractivity contribution in [1.82, 2.24) is 10.2 Å². The van der Waals surface area contributed by atoms with E-state index in [1.807, 2.05) is 0 Å². The number of hydrogen-bond donors (Lipinski definition) is 1. The minimum Gasteiger partial charge on any atom is -0.339 e. The summed E-state index contributed by atoms with van der Waals surface area (Å²) in [4.78, 5) is 14.5. The molecule has 0 aromatic rings. The second-order valence-corrected chi connectivity index (χ2v) is 5.37. The molecule has 1 saturated carbocycles. The van der Waals surface area contributed by atoms with Crippen molar-refractivity contribution >= 4 is 5.91 Å². The Morgan fingerprint density at radius 3 is 2.80 bits per heavy atom. The average molecular weight is 208 g/mol. The van der Waals surface area contributed by atoms with Crippen LogP contribution in [0.1, 0.15) is 32.1 Å². The van der Waals surface area contributed by atoms with E-state index in [0.29, 0.717) is 11.9 Å². The molecule has 0 radical (unpaired) electrons. The van der Waals surface area contributed by atoms with E-state index < -0.39 is 0 Å². The van der Waals surface area contributed by atoms with Crippen molar-refractivity contribution in [1.29, 1.82) is 0 Å². The zero-order chi connectivity index (χ0) is 10.3. The van der Waals surface area contributed by atoms with Gasteiger partial charge >= 0.3 is 0 Å². The molecule has 2 heterocycles. The SMILES string of the molecule is O=C([C@@H]1CCCNC1)N1C[C@H]2CC[C@H]1C2. The van der Waals surface area contributed by atoms with Crippen LogP contribution in [-0.2, 0) is 4.79 Å². The molecule has 2 aliphatic heterocycles. The number of fused-ring (bicyclic) bond motifs is 2. The zero-order valence-electron chi connectivity index (χ0n) is 9.24. The Labute approximate surface area is 91.2 Å². The number of amides is 1. The zero-order valence-corrected chi connectivity index (χ0v) is 9.24. The Morgan fingerprint density at radius 2 is 2.20 bits per heavy atom. The van der Waals surface area contributed by atoms with Crippen LogP contribution in [0.3, 0.4) is 0 Å². The van der Waals surface area contributed by atoms with E-state index in [9.17, 15) is 4.79 Å². The summed E-state index contributed by atoms with van der Waals surface area (Å²) in [6.45, 7) is 3.06. The lowest BCUT2D eigenvalue weighted by molar-refractivity contribution is -0.137. The molecule has 84 valence electrons. The molecule has 2 bridgehead atoms. The second-order valence-electron chi connectivity index (χ2n) is 5.37. The van der Waals surface area contributed by atoms with Gasteiger partial charge in [-0.3, -0.25) is 4.79 Å². The summed E-state index contributed by atoms with van der Waals surface area (Å²) in [6, 6.07) is 0.601. The highest BCUT2D eigenvalue weighted by Gasteiger charge is 2.41. The van der Waals surface area contributed by atoms with Gasteiger partial charge in [-0.2, -0.15) is 0 Å². The fraction of sp³-hybridized carbons (Fsp3) is 0.917. The van der Waals surface area contributed by atoms with E-state index in [0.717, 1.165) is 32.0 Å². The second kappa shape index (κ2) is 3.78. The molecular weight excluding hydrogens is 188 g/mol. The van der Waals surface area contributed by atoms with Gasteiger partial charge < -0.3 is 10.2 Å². The minimum absolute atomic E-state index is 0.276. The summed E-state index contributed by atoms with van der Waals surface area (Å²) in [5.41, 5.74) is 0. The molecule has 3 nitrogen and oxygen atoms in total. The number of carbonyl (C=O) groups is 1. The molecule has 0 aromatic heterocycles. The van der Waals surface area contributed by atoms with Gasteiger partial charge in [-0.05, 0) is 44.6 Å². The summed E-state index contributed by atoms with van der Waals surface area (Å²) in [6.07, 6.45) is 6.16. The first kappa shape index (κ1) is 9.64. The van der Waals surface area contributed by atoms with Crippen molar-refractivity contribution in [2.75, 3.05) is 19.6 Å². The predicted octanol–water partition coefficient (Wildman–Crippen LogP) is 0.997. The molecule has 3 rings (SSSR count). The van der Waals surface area contributed by atoms with Crippen molar-refractivity contribution in [3.05, 3.63) is 0 Å². The van der Waals surface area contributed by atoms with E-state index in [1.54, 1.807) is 0 Å². The highest BCUT2D eigenvalue weighted by molar-refractivity contribution is 5.80. The third-order valence-corrected chi connectivity index (χ3v) is 4.34. The van der Waals surface area contributed by atoms with Crippen LogP contribution in [0.2, 0.25) is 0 Å². The smallest absolute Gasteiger partial charge is 0.227 e. The van der Waals surface area contributed by atoms with Crippen LogP contribution in [0.4, 0.5) is 0 Å². The number of rotatable bonds is 1. The molecule has 15 heavy (non-hydrogen) atoms. The van der Waals surface area contributed by atoms with Crippen LogP contribution in [-0.4, -0.2) is 36.5 Å². The van der Waals surface area contributed by atoms with E-state index >= 15 is 0 Å². The molecule has 3 heteroatoms. The number of carbonyl (C=O) groups excluding carboxylic acids is 1. The van der Waals surface area contributed by atoms with Crippen LogP contribution < -0.4 is 5.32 Å². The van der Waals surface area contributed by atoms with E-state index in [2.05, 4.69) is 10.2 Å². The van der Waals surface area contributed by atoms with Gasteiger partial charge in [0.15, 0.2) is 0 Å². The summed E-state index contributed by atoms with van der Waals surface area (Å²) in [5, 5.41) is 3.34. The molecule has 3 atom stereocenters. The number of piperidine rings is 2. The Bertz CT molecular complexity index is 260. The fourth-order valence-corrected chi connectivity index (χ4v) is 3.49. The Kier molecular flexibility index (Phi) is 2.43. The predicted molar refractivity (Wildman–Crippen MR) is 58.4 cm³/mol. The molecule has 0 aromatic carbocycles. The monoisotopic (exact) mass is 208 g/mol. The number of hydrogen-bond acceptors (Lipinski definition) is 2. The van der Waals surface area contributed by atoms with Crippen molar-refractivity contribution in [3.63, 3.8) is 0 Å². The molecule has 1 aliphatic carbocycles. The third kappa shape index (κ3) is 1.67. The lowest BCUT2D eigenvalue weighted by Crippen LogP contribution is -2.46. The van der Waals surface area contributed by atoms with Crippen molar-refractivity contribution in [2.24, 2.45) is 11.8 Å². The lowest BCUT2D eigenvalue weighted by atomic mass is 9.97. The number of nitrogens with zero attached hydrogens (tertiary/aromatic N) is 1.